The van der Waals surface area contributed by atoms with Gasteiger partial charge < -0.3 is 11.1 Å². The van der Waals surface area contributed by atoms with Crippen molar-refractivity contribution < 1.29 is 4.39 Å². The van der Waals surface area contributed by atoms with Crippen molar-refractivity contribution in [2.75, 3.05) is 0 Å². The summed E-state index contributed by atoms with van der Waals surface area (Å²) < 4.78 is 13.5. The third-order valence-electron chi connectivity index (χ3n) is 3.41. The van der Waals surface area contributed by atoms with Crippen molar-refractivity contribution in [3.8, 4) is 0 Å². The fourth-order valence-electron chi connectivity index (χ4n) is 2.43. The topological polar surface area (TPSA) is 50.4 Å². The minimum Gasteiger partial charge on any atom is -0.398 e. The molecule has 2 aliphatic carbocycles. The van der Waals surface area contributed by atoms with Gasteiger partial charge >= 0.3 is 0 Å². The Morgan fingerprint density at radius 1 is 1.32 bits per heavy atom. The van der Waals surface area contributed by atoms with Crippen molar-refractivity contribution >= 4 is 5.71 Å². The van der Waals surface area contributed by atoms with Crippen LogP contribution in [0.15, 0.2) is 64.2 Å². The maximum atomic E-state index is 13.5. The highest BCUT2D eigenvalue weighted by Crippen LogP contribution is 2.28. The number of nitrogens with one attached hydrogen (secondary N) is 1. The van der Waals surface area contributed by atoms with Crippen LogP contribution in [0.3, 0.4) is 0 Å². The fourth-order valence-corrected chi connectivity index (χ4v) is 2.43. The number of halogens is 1. The van der Waals surface area contributed by atoms with Gasteiger partial charge in [0.1, 0.15) is 6.17 Å². The second kappa shape index (κ2) is 4.53. The first kappa shape index (κ1) is 12.0. The van der Waals surface area contributed by atoms with Crippen LogP contribution in [0, 0.1) is 0 Å². The largest absolute Gasteiger partial charge is 0.398 e. The number of nitrogens with two attached hydrogens (primary N) is 1. The standard InChI is InChI=1S/C15H16FN3/c1-9-15(11-8-10(16)6-7-12(11)17)19-14-5-3-2-4-13(14)18-9/h4-5,7-8,10,18H,1-3,6,17H2. The van der Waals surface area contributed by atoms with Gasteiger partial charge in [-0.2, -0.15) is 0 Å². The summed E-state index contributed by atoms with van der Waals surface area (Å²) in [6, 6.07) is 0. The van der Waals surface area contributed by atoms with Crippen LogP contribution in [-0.4, -0.2) is 11.9 Å². The molecule has 1 unspecified atom stereocenters. The number of allylic oxidation sites excluding steroid dienone is 6. The predicted octanol–water partition coefficient (Wildman–Crippen LogP) is 2.62. The maximum Gasteiger partial charge on any atom is 0.123 e. The van der Waals surface area contributed by atoms with Gasteiger partial charge in [-0.25, -0.2) is 9.38 Å². The molecule has 0 aromatic heterocycles. The minimum absolute atomic E-state index is 0.330. The van der Waals surface area contributed by atoms with Crippen LogP contribution < -0.4 is 11.1 Å². The third-order valence-corrected chi connectivity index (χ3v) is 3.41. The van der Waals surface area contributed by atoms with E-state index < -0.39 is 6.17 Å². The van der Waals surface area contributed by atoms with E-state index in [1.165, 1.54) is 6.08 Å². The van der Waals surface area contributed by atoms with Crippen molar-refractivity contribution in [3.63, 3.8) is 0 Å². The quantitative estimate of drug-likeness (QED) is 0.758. The lowest BCUT2D eigenvalue weighted by atomic mass is 9.95. The van der Waals surface area contributed by atoms with Gasteiger partial charge in [0.2, 0.25) is 0 Å². The Labute approximate surface area is 111 Å². The Balaban J connectivity index is 2.03. The average molecular weight is 257 g/mol. The Bertz CT molecular complexity index is 591. The second-order valence-corrected chi connectivity index (χ2v) is 4.84. The first-order valence-corrected chi connectivity index (χ1v) is 6.43. The molecule has 3 nitrogen and oxygen atoms in total. The highest BCUT2D eigenvalue weighted by molar-refractivity contribution is 6.16. The molecule has 3 N–H and O–H groups in total. The first-order valence-electron chi connectivity index (χ1n) is 6.43. The number of alkyl halides is 1. The van der Waals surface area contributed by atoms with E-state index in [1.807, 2.05) is 0 Å². The van der Waals surface area contributed by atoms with Gasteiger partial charge in [-0.15, -0.1) is 0 Å². The van der Waals surface area contributed by atoms with Crippen molar-refractivity contribution in [1.82, 2.24) is 5.32 Å². The van der Waals surface area contributed by atoms with Crippen LogP contribution in [0.2, 0.25) is 0 Å². The normalized spacial score (nSPS) is 26.3. The van der Waals surface area contributed by atoms with Gasteiger partial charge in [-0.1, -0.05) is 24.8 Å². The minimum atomic E-state index is -1.00. The van der Waals surface area contributed by atoms with Gasteiger partial charge in [0.15, 0.2) is 0 Å². The molecule has 0 bridgehead atoms. The van der Waals surface area contributed by atoms with Gasteiger partial charge in [0.05, 0.1) is 22.8 Å². The van der Waals surface area contributed by atoms with Crippen molar-refractivity contribution in [2.45, 2.75) is 25.4 Å². The maximum absolute atomic E-state index is 13.5. The zero-order valence-electron chi connectivity index (χ0n) is 10.6. The monoisotopic (exact) mass is 257 g/mol. The predicted molar refractivity (Wildman–Crippen MR) is 75.0 cm³/mol. The molecule has 0 spiro atoms. The number of fused-ring (bicyclic) bond motifs is 1. The van der Waals surface area contributed by atoms with Gasteiger partial charge in [-0.05, 0) is 18.9 Å². The summed E-state index contributed by atoms with van der Waals surface area (Å²) in [5.74, 6) is 0. The molecular weight excluding hydrogens is 241 g/mol. The van der Waals surface area contributed by atoms with Crippen molar-refractivity contribution in [2.24, 2.45) is 10.7 Å². The lowest BCUT2D eigenvalue weighted by Crippen LogP contribution is -2.30. The van der Waals surface area contributed by atoms with Crippen molar-refractivity contribution in [1.29, 1.82) is 0 Å². The van der Waals surface area contributed by atoms with E-state index in [9.17, 15) is 4.39 Å². The van der Waals surface area contributed by atoms with Crippen LogP contribution in [0.5, 0.6) is 0 Å². The lowest BCUT2D eigenvalue weighted by Gasteiger charge is -2.26. The summed E-state index contributed by atoms with van der Waals surface area (Å²) >= 11 is 0. The fraction of sp³-hybridized carbons (Fsp3) is 0.267. The second-order valence-electron chi connectivity index (χ2n) is 4.84. The highest BCUT2D eigenvalue weighted by Gasteiger charge is 2.24. The molecule has 0 fully saturated rings. The molecule has 0 amide bonds. The summed E-state index contributed by atoms with van der Waals surface area (Å²) in [5.41, 5.74) is 10.3. The Morgan fingerprint density at radius 2 is 2.11 bits per heavy atom. The number of aliphatic imine (C=N–C) groups is 1. The SMILES string of the molecule is C=C1NC2=CCCC=C2N=C1C1=CC(F)CC=C1N. The molecule has 1 atom stereocenters. The number of hydrogen-bond donors (Lipinski definition) is 2. The van der Waals surface area contributed by atoms with Gasteiger partial charge in [-0.3, -0.25) is 0 Å². The smallest absolute Gasteiger partial charge is 0.123 e. The molecule has 0 aromatic carbocycles. The summed E-state index contributed by atoms with van der Waals surface area (Å²) in [7, 11) is 0. The molecule has 3 rings (SSSR count). The molecule has 0 saturated carbocycles. The summed E-state index contributed by atoms with van der Waals surface area (Å²) in [4.78, 5) is 4.58. The molecule has 3 aliphatic rings. The van der Waals surface area contributed by atoms with E-state index in [0.717, 1.165) is 24.2 Å². The molecule has 19 heavy (non-hydrogen) atoms. The van der Waals surface area contributed by atoms with E-state index in [4.69, 9.17) is 5.73 Å². The number of rotatable bonds is 1. The summed E-state index contributed by atoms with van der Waals surface area (Å²) in [5, 5.41) is 3.22. The zero-order valence-corrected chi connectivity index (χ0v) is 10.6. The lowest BCUT2D eigenvalue weighted by molar-refractivity contribution is 0.399. The molecule has 1 aliphatic heterocycles. The summed E-state index contributed by atoms with van der Waals surface area (Å²) in [6.45, 7) is 3.97. The number of nitrogens with zero attached hydrogens (tertiary/aromatic N) is 1. The van der Waals surface area contributed by atoms with Crippen molar-refractivity contribution in [3.05, 3.63) is 59.2 Å². The molecule has 1 heterocycles. The van der Waals surface area contributed by atoms with Crippen LogP contribution in [0.25, 0.3) is 0 Å². The summed E-state index contributed by atoms with van der Waals surface area (Å²) in [6.07, 6.45) is 8.71. The van der Waals surface area contributed by atoms with E-state index in [1.54, 1.807) is 6.08 Å². The molecule has 0 aromatic rings. The molecule has 4 heteroatoms. The van der Waals surface area contributed by atoms with E-state index >= 15 is 0 Å². The van der Waals surface area contributed by atoms with Crippen LogP contribution in [0.1, 0.15) is 19.3 Å². The Morgan fingerprint density at radius 3 is 2.95 bits per heavy atom. The zero-order chi connectivity index (χ0) is 13.4. The molecule has 98 valence electrons. The third kappa shape index (κ3) is 2.14. The molecule has 0 radical (unpaired) electrons. The average Bonchev–Trinajstić information content (AvgIpc) is 2.41. The Kier molecular flexibility index (Phi) is 2.85. The number of hydrogen-bond acceptors (Lipinski definition) is 3. The van der Waals surface area contributed by atoms with E-state index in [2.05, 4.69) is 29.0 Å². The van der Waals surface area contributed by atoms with Crippen LogP contribution in [-0.2, 0) is 0 Å². The first-order chi connectivity index (χ1) is 9.15. The van der Waals surface area contributed by atoms with Crippen LogP contribution >= 0.6 is 0 Å². The molecule has 0 saturated heterocycles. The van der Waals surface area contributed by atoms with E-state index in [0.29, 0.717) is 29.1 Å². The molecular formula is C15H16FN3. The van der Waals surface area contributed by atoms with Crippen LogP contribution in [0.4, 0.5) is 4.39 Å². The van der Waals surface area contributed by atoms with Gasteiger partial charge in [0, 0.05) is 17.7 Å². The Hall–Kier alpha value is -2.10. The van der Waals surface area contributed by atoms with E-state index in [-0.39, 0.29) is 0 Å². The highest BCUT2D eigenvalue weighted by atomic mass is 19.1. The van der Waals surface area contributed by atoms with Gasteiger partial charge in [0.25, 0.3) is 0 Å².